The number of aryl methyl sites for hydroxylation is 2. The Bertz CT molecular complexity index is 1370. The van der Waals surface area contributed by atoms with Crippen LogP contribution in [-0.2, 0) is 18.3 Å². The highest BCUT2D eigenvalue weighted by Crippen LogP contribution is 2.38. The highest BCUT2D eigenvalue weighted by molar-refractivity contribution is 6.30. The lowest BCUT2D eigenvalue weighted by molar-refractivity contribution is -0.129. The van der Waals surface area contributed by atoms with E-state index in [4.69, 9.17) is 17.3 Å². The third kappa shape index (κ3) is 3.82. The summed E-state index contributed by atoms with van der Waals surface area (Å²) in [6, 6.07) is 6.53. The Balaban J connectivity index is 1.31. The standard InChI is InChI=1S/C23H23ClFN7O/c1-23(20(33)6-4-14-3-5-16(24)8-18(14)25)11-31(12-23)22-19-7-15(9-32(19)28-13-27-22)17-10-30(2)29-21(17)26/h3,5,7-10,13H,4,6,11-12H2,1-2H3,(H2,26,29). The van der Waals surface area contributed by atoms with Gasteiger partial charge in [-0.15, -0.1) is 0 Å². The third-order valence-electron chi connectivity index (χ3n) is 6.24. The fourth-order valence-corrected chi connectivity index (χ4v) is 4.59. The van der Waals surface area contributed by atoms with Gasteiger partial charge >= 0.3 is 0 Å². The van der Waals surface area contributed by atoms with Gasteiger partial charge < -0.3 is 10.6 Å². The van der Waals surface area contributed by atoms with Crippen molar-refractivity contribution in [1.29, 1.82) is 0 Å². The first kappa shape index (κ1) is 21.4. The predicted molar refractivity (Wildman–Crippen MR) is 125 cm³/mol. The van der Waals surface area contributed by atoms with Crippen LogP contribution in [0, 0.1) is 11.2 Å². The first-order chi connectivity index (χ1) is 15.7. The van der Waals surface area contributed by atoms with Crippen molar-refractivity contribution in [1.82, 2.24) is 24.4 Å². The lowest BCUT2D eigenvalue weighted by Crippen LogP contribution is -2.59. The Morgan fingerprint density at radius 1 is 1.27 bits per heavy atom. The second-order valence-electron chi connectivity index (χ2n) is 8.82. The van der Waals surface area contributed by atoms with Gasteiger partial charge in [-0.1, -0.05) is 17.7 Å². The van der Waals surface area contributed by atoms with Crippen LogP contribution in [0.3, 0.4) is 0 Å². The van der Waals surface area contributed by atoms with Crippen molar-refractivity contribution < 1.29 is 9.18 Å². The molecule has 0 unspecified atom stereocenters. The number of carbonyl (C=O) groups excluding carboxylic acids is 1. The molecular weight excluding hydrogens is 445 g/mol. The summed E-state index contributed by atoms with van der Waals surface area (Å²) in [5, 5.41) is 8.86. The van der Waals surface area contributed by atoms with E-state index in [9.17, 15) is 9.18 Å². The second kappa shape index (κ2) is 7.84. The summed E-state index contributed by atoms with van der Waals surface area (Å²) in [4.78, 5) is 19.5. The number of hydrogen-bond donors (Lipinski definition) is 1. The molecule has 1 aromatic carbocycles. The lowest BCUT2D eigenvalue weighted by Gasteiger charge is -2.47. The second-order valence-corrected chi connectivity index (χ2v) is 9.26. The third-order valence-corrected chi connectivity index (χ3v) is 6.48. The minimum Gasteiger partial charge on any atom is -0.382 e. The van der Waals surface area contributed by atoms with Gasteiger partial charge in [0.05, 0.1) is 5.41 Å². The molecule has 1 fully saturated rings. The Hall–Kier alpha value is -3.46. The summed E-state index contributed by atoms with van der Waals surface area (Å²) in [7, 11) is 1.82. The van der Waals surface area contributed by atoms with Crippen molar-refractivity contribution >= 4 is 34.5 Å². The largest absolute Gasteiger partial charge is 0.382 e. The van der Waals surface area contributed by atoms with E-state index in [0.717, 1.165) is 22.5 Å². The average molecular weight is 468 g/mol. The number of ketones is 1. The van der Waals surface area contributed by atoms with E-state index in [2.05, 4.69) is 20.1 Å². The Labute approximate surface area is 194 Å². The highest BCUT2D eigenvalue weighted by atomic mass is 35.5. The molecule has 2 N–H and O–H groups in total. The number of hydrogen-bond acceptors (Lipinski definition) is 6. The number of Topliss-reactive ketones (excluding diaryl/α,β-unsaturated/α-hetero) is 1. The van der Waals surface area contributed by atoms with Gasteiger partial charge in [0.1, 0.15) is 23.4 Å². The maximum Gasteiger partial charge on any atom is 0.156 e. The van der Waals surface area contributed by atoms with Crippen LogP contribution in [0.25, 0.3) is 16.6 Å². The molecule has 3 aromatic heterocycles. The Morgan fingerprint density at radius 2 is 2.06 bits per heavy atom. The Morgan fingerprint density at radius 3 is 2.76 bits per heavy atom. The minimum absolute atomic E-state index is 0.109. The molecule has 0 spiro atoms. The van der Waals surface area contributed by atoms with Crippen LogP contribution in [-0.4, -0.2) is 43.3 Å². The number of carbonyl (C=O) groups is 1. The van der Waals surface area contributed by atoms with Crippen molar-refractivity contribution in [2.45, 2.75) is 19.8 Å². The molecule has 0 saturated carbocycles. The summed E-state index contributed by atoms with van der Waals surface area (Å²) in [5.41, 5.74) is 8.57. The molecule has 1 saturated heterocycles. The van der Waals surface area contributed by atoms with Gasteiger partial charge in [-0.05, 0) is 37.1 Å². The number of anilines is 2. The zero-order valence-corrected chi connectivity index (χ0v) is 19.1. The minimum atomic E-state index is -0.506. The molecule has 33 heavy (non-hydrogen) atoms. The monoisotopic (exact) mass is 467 g/mol. The van der Waals surface area contributed by atoms with Crippen LogP contribution >= 0.6 is 11.6 Å². The molecule has 0 atom stereocenters. The van der Waals surface area contributed by atoms with Gasteiger partial charge in [0, 0.05) is 55.1 Å². The van der Waals surface area contributed by atoms with Crippen LogP contribution in [0.15, 0.2) is 43.0 Å². The number of halogens is 2. The van der Waals surface area contributed by atoms with Gasteiger partial charge in [-0.25, -0.2) is 13.9 Å². The van der Waals surface area contributed by atoms with Crippen molar-refractivity contribution in [3.05, 3.63) is 59.4 Å². The van der Waals surface area contributed by atoms with Crippen LogP contribution in [0.1, 0.15) is 18.9 Å². The molecule has 170 valence electrons. The van der Waals surface area contributed by atoms with Crippen molar-refractivity contribution in [3.63, 3.8) is 0 Å². The smallest absolute Gasteiger partial charge is 0.156 e. The average Bonchev–Trinajstić information content (AvgIpc) is 3.32. The number of rotatable bonds is 6. The molecule has 1 aliphatic heterocycles. The maximum absolute atomic E-state index is 14.0. The van der Waals surface area contributed by atoms with E-state index in [0.29, 0.717) is 35.9 Å². The van der Waals surface area contributed by atoms with Gasteiger partial charge in [-0.3, -0.25) is 9.48 Å². The molecule has 1 aliphatic rings. The molecule has 0 radical (unpaired) electrons. The quantitative estimate of drug-likeness (QED) is 0.466. The maximum atomic E-state index is 14.0. The van der Waals surface area contributed by atoms with Crippen LogP contribution in [0.4, 0.5) is 16.0 Å². The molecule has 0 aliphatic carbocycles. The molecule has 5 rings (SSSR count). The molecule has 0 bridgehead atoms. The number of benzene rings is 1. The number of nitrogens with zero attached hydrogens (tertiary/aromatic N) is 6. The molecule has 10 heteroatoms. The van der Waals surface area contributed by atoms with Crippen molar-refractivity contribution in [3.8, 4) is 11.1 Å². The summed E-state index contributed by atoms with van der Waals surface area (Å²) >= 11 is 5.81. The number of nitrogen functional groups attached to an aromatic ring is 1. The van der Waals surface area contributed by atoms with Gasteiger partial charge in [0.25, 0.3) is 0 Å². The number of aromatic nitrogens is 5. The predicted octanol–water partition coefficient (Wildman–Crippen LogP) is 3.53. The Kier molecular flexibility index (Phi) is 5.08. The SMILES string of the molecule is Cn1cc(-c2cc3c(N4CC(C)(C(=O)CCc5ccc(Cl)cc5F)C4)ncnn3c2)c(N)n1. The van der Waals surface area contributed by atoms with E-state index in [1.165, 1.54) is 12.4 Å². The van der Waals surface area contributed by atoms with E-state index in [-0.39, 0.29) is 18.0 Å². The number of nitrogens with two attached hydrogens (primary N) is 1. The summed E-state index contributed by atoms with van der Waals surface area (Å²) < 4.78 is 17.5. The lowest BCUT2D eigenvalue weighted by atomic mass is 9.76. The molecular formula is C23H23ClFN7O. The highest BCUT2D eigenvalue weighted by Gasteiger charge is 2.45. The molecule has 4 aromatic rings. The zero-order chi connectivity index (χ0) is 23.3. The molecule has 4 heterocycles. The normalized spacial score (nSPS) is 15.1. The van der Waals surface area contributed by atoms with Gasteiger partial charge in [0.2, 0.25) is 0 Å². The molecule has 8 nitrogen and oxygen atoms in total. The summed E-state index contributed by atoms with van der Waals surface area (Å²) in [5.74, 6) is 0.935. The van der Waals surface area contributed by atoms with Gasteiger partial charge in [-0.2, -0.15) is 10.2 Å². The summed E-state index contributed by atoms with van der Waals surface area (Å²) in [6.07, 6.45) is 5.87. The first-order valence-corrected chi connectivity index (χ1v) is 11.0. The summed E-state index contributed by atoms with van der Waals surface area (Å²) in [6.45, 7) is 3.02. The zero-order valence-electron chi connectivity index (χ0n) is 18.3. The van der Waals surface area contributed by atoms with Crippen LogP contribution in [0.5, 0.6) is 0 Å². The fourth-order valence-electron chi connectivity index (χ4n) is 4.43. The van der Waals surface area contributed by atoms with E-state index >= 15 is 0 Å². The van der Waals surface area contributed by atoms with E-state index in [1.54, 1.807) is 21.3 Å². The van der Waals surface area contributed by atoms with E-state index in [1.807, 2.05) is 32.4 Å². The van der Waals surface area contributed by atoms with E-state index < -0.39 is 5.41 Å². The number of fused-ring (bicyclic) bond motifs is 1. The van der Waals surface area contributed by atoms with Gasteiger partial charge in [0.15, 0.2) is 11.6 Å². The van der Waals surface area contributed by atoms with Crippen LogP contribution < -0.4 is 10.6 Å². The topological polar surface area (TPSA) is 94.3 Å². The van der Waals surface area contributed by atoms with Crippen molar-refractivity contribution in [2.24, 2.45) is 12.5 Å². The molecule has 0 amide bonds. The fraction of sp³-hybridized carbons (Fsp3) is 0.304. The van der Waals surface area contributed by atoms with Crippen LogP contribution in [0.2, 0.25) is 5.02 Å². The van der Waals surface area contributed by atoms with Crippen molar-refractivity contribution in [2.75, 3.05) is 23.7 Å². The first-order valence-electron chi connectivity index (χ1n) is 10.6.